The molecule has 0 aromatic heterocycles. The molecule has 1 heterocycles. The normalized spacial score (nSPS) is 20.6. The van der Waals surface area contributed by atoms with Gasteiger partial charge in [0.25, 0.3) is 0 Å². The highest BCUT2D eigenvalue weighted by molar-refractivity contribution is 7.89. The van der Waals surface area contributed by atoms with Gasteiger partial charge in [-0.1, -0.05) is 6.07 Å². The van der Waals surface area contributed by atoms with Gasteiger partial charge in [0.05, 0.1) is 4.90 Å². The van der Waals surface area contributed by atoms with Crippen LogP contribution in [0, 0.1) is 0 Å². The summed E-state index contributed by atoms with van der Waals surface area (Å²) < 4.78 is 26.5. The van der Waals surface area contributed by atoms with Gasteiger partial charge in [0.15, 0.2) is 0 Å². The predicted octanol–water partition coefficient (Wildman–Crippen LogP) is 0.558. The number of nitrogens with one attached hydrogen (secondary N) is 1. The molecule has 7 heteroatoms. The minimum Gasteiger partial charge on any atom is -0.399 e. The number of benzene rings is 1. The maximum absolute atomic E-state index is 12.5. The van der Waals surface area contributed by atoms with E-state index < -0.39 is 10.0 Å². The summed E-state index contributed by atoms with van der Waals surface area (Å²) in [5, 5.41) is 2.78. The van der Waals surface area contributed by atoms with E-state index in [4.69, 9.17) is 5.73 Å². The number of carbonyl (C=O) groups excluding carboxylic acids is 1. The third-order valence-corrected chi connectivity index (χ3v) is 5.15. The Bertz CT molecular complexity index is 601. The lowest BCUT2D eigenvalue weighted by atomic mass is 10.1. The number of piperidine rings is 1. The van der Waals surface area contributed by atoms with Gasteiger partial charge in [0.2, 0.25) is 15.9 Å². The number of amides is 1. The largest absolute Gasteiger partial charge is 0.399 e. The second-order valence-corrected chi connectivity index (χ2v) is 6.91. The highest BCUT2D eigenvalue weighted by atomic mass is 32.2. The number of sulfonamides is 1. The fraction of sp³-hybridized carbons (Fsp3) is 0.462. The molecule has 1 saturated heterocycles. The molecule has 0 bridgehead atoms. The summed E-state index contributed by atoms with van der Waals surface area (Å²) in [7, 11) is -3.55. The molecule has 1 unspecified atom stereocenters. The van der Waals surface area contributed by atoms with E-state index in [-0.39, 0.29) is 16.8 Å². The first kappa shape index (κ1) is 14.8. The van der Waals surface area contributed by atoms with Gasteiger partial charge in [-0.15, -0.1) is 0 Å². The lowest BCUT2D eigenvalue weighted by Gasteiger charge is -2.32. The minimum absolute atomic E-state index is 0.128. The second kappa shape index (κ2) is 5.80. The Labute approximate surface area is 119 Å². The van der Waals surface area contributed by atoms with Crippen LogP contribution in [0.2, 0.25) is 0 Å². The SMILES string of the molecule is CC(=O)NC1CCCN(S(=O)(=O)c2cccc(N)c2)C1. The molecule has 0 aliphatic carbocycles. The Morgan fingerprint density at radius 1 is 1.45 bits per heavy atom. The molecule has 0 saturated carbocycles. The molecule has 2 rings (SSSR count). The van der Waals surface area contributed by atoms with E-state index >= 15 is 0 Å². The maximum Gasteiger partial charge on any atom is 0.243 e. The number of carbonyl (C=O) groups is 1. The molecule has 1 aliphatic rings. The van der Waals surface area contributed by atoms with Crippen molar-refractivity contribution in [2.75, 3.05) is 18.8 Å². The Balaban J connectivity index is 2.19. The average molecular weight is 297 g/mol. The van der Waals surface area contributed by atoms with E-state index in [2.05, 4.69) is 5.32 Å². The van der Waals surface area contributed by atoms with E-state index in [9.17, 15) is 13.2 Å². The Morgan fingerprint density at radius 2 is 2.20 bits per heavy atom. The number of nitrogens with two attached hydrogens (primary N) is 1. The topological polar surface area (TPSA) is 92.5 Å². The highest BCUT2D eigenvalue weighted by Crippen LogP contribution is 2.22. The maximum atomic E-state index is 12.5. The molecule has 1 aromatic rings. The number of nitrogen functional groups attached to an aromatic ring is 1. The quantitative estimate of drug-likeness (QED) is 0.797. The molecule has 0 radical (unpaired) electrons. The lowest BCUT2D eigenvalue weighted by molar-refractivity contribution is -0.119. The van der Waals surface area contributed by atoms with Crippen LogP contribution < -0.4 is 11.1 Å². The van der Waals surface area contributed by atoms with Gasteiger partial charge in [-0.05, 0) is 31.0 Å². The molecule has 1 fully saturated rings. The van der Waals surface area contributed by atoms with Gasteiger partial charge in [-0.25, -0.2) is 8.42 Å². The van der Waals surface area contributed by atoms with Crippen molar-refractivity contribution in [2.24, 2.45) is 0 Å². The van der Waals surface area contributed by atoms with Crippen molar-refractivity contribution in [1.82, 2.24) is 9.62 Å². The molecule has 1 amide bonds. The first-order valence-electron chi connectivity index (χ1n) is 6.52. The zero-order valence-corrected chi connectivity index (χ0v) is 12.2. The Morgan fingerprint density at radius 3 is 2.85 bits per heavy atom. The van der Waals surface area contributed by atoms with Crippen LogP contribution >= 0.6 is 0 Å². The standard InChI is InChI=1S/C13H19N3O3S/c1-10(17)15-12-5-3-7-16(9-12)20(18,19)13-6-2-4-11(14)8-13/h2,4,6,8,12H,3,5,7,9,14H2,1H3,(H,15,17). The summed E-state index contributed by atoms with van der Waals surface area (Å²) in [6.07, 6.45) is 1.52. The molecular weight excluding hydrogens is 278 g/mol. The average Bonchev–Trinajstić information content (AvgIpc) is 2.38. The third kappa shape index (κ3) is 3.29. The molecule has 3 N–H and O–H groups in total. The third-order valence-electron chi connectivity index (χ3n) is 3.29. The summed E-state index contributed by atoms with van der Waals surface area (Å²) >= 11 is 0. The summed E-state index contributed by atoms with van der Waals surface area (Å²) in [5.74, 6) is -0.141. The highest BCUT2D eigenvalue weighted by Gasteiger charge is 2.30. The van der Waals surface area contributed by atoms with Crippen LogP contribution in [0.15, 0.2) is 29.2 Å². The number of nitrogens with zero attached hydrogens (tertiary/aromatic N) is 1. The fourth-order valence-corrected chi connectivity index (χ4v) is 3.97. The summed E-state index contributed by atoms with van der Waals surface area (Å²) in [6, 6.07) is 6.13. The van der Waals surface area contributed by atoms with Crippen LogP contribution in [0.3, 0.4) is 0 Å². The number of rotatable bonds is 3. The van der Waals surface area contributed by atoms with E-state index in [0.29, 0.717) is 18.8 Å². The Hall–Kier alpha value is -1.60. The number of anilines is 1. The van der Waals surface area contributed by atoms with E-state index in [1.165, 1.54) is 23.4 Å². The van der Waals surface area contributed by atoms with Crippen molar-refractivity contribution in [3.8, 4) is 0 Å². The molecule has 20 heavy (non-hydrogen) atoms. The molecule has 6 nitrogen and oxygen atoms in total. The molecular formula is C13H19N3O3S. The first-order valence-corrected chi connectivity index (χ1v) is 7.96. The smallest absolute Gasteiger partial charge is 0.243 e. The molecule has 110 valence electrons. The van der Waals surface area contributed by atoms with Crippen molar-refractivity contribution in [3.63, 3.8) is 0 Å². The van der Waals surface area contributed by atoms with Crippen molar-refractivity contribution in [1.29, 1.82) is 0 Å². The lowest BCUT2D eigenvalue weighted by Crippen LogP contribution is -2.49. The van der Waals surface area contributed by atoms with Crippen molar-refractivity contribution >= 4 is 21.6 Å². The van der Waals surface area contributed by atoms with Crippen LogP contribution in [0.25, 0.3) is 0 Å². The first-order chi connectivity index (χ1) is 9.39. The van der Waals surface area contributed by atoms with Crippen LogP contribution in [-0.4, -0.2) is 37.8 Å². The van der Waals surface area contributed by atoms with Crippen molar-refractivity contribution in [2.45, 2.75) is 30.7 Å². The van der Waals surface area contributed by atoms with Gasteiger partial charge >= 0.3 is 0 Å². The summed E-state index contributed by atoms with van der Waals surface area (Å²) in [5.41, 5.74) is 6.06. The number of hydrogen-bond acceptors (Lipinski definition) is 4. The van der Waals surface area contributed by atoms with Crippen molar-refractivity contribution in [3.05, 3.63) is 24.3 Å². The van der Waals surface area contributed by atoms with Crippen molar-refractivity contribution < 1.29 is 13.2 Å². The molecule has 1 aromatic carbocycles. The van der Waals surface area contributed by atoms with E-state index in [0.717, 1.165) is 12.8 Å². The molecule has 0 spiro atoms. The monoisotopic (exact) mass is 297 g/mol. The van der Waals surface area contributed by atoms with Crippen LogP contribution in [0.5, 0.6) is 0 Å². The molecule has 1 atom stereocenters. The fourth-order valence-electron chi connectivity index (χ4n) is 2.39. The molecule has 1 aliphatic heterocycles. The van der Waals surface area contributed by atoms with Crippen LogP contribution in [-0.2, 0) is 14.8 Å². The van der Waals surface area contributed by atoms with Gasteiger partial charge in [-0.3, -0.25) is 4.79 Å². The van der Waals surface area contributed by atoms with Gasteiger partial charge in [-0.2, -0.15) is 4.31 Å². The summed E-state index contributed by atoms with van der Waals surface area (Å²) in [6.45, 7) is 2.20. The van der Waals surface area contributed by atoms with E-state index in [1.54, 1.807) is 12.1 Å². The Kier molecular flexibility index (Phi) is 4.29. The minimum atomic E-state index is -3.55. The zero-order chi connectivity index (χ0) is 14.8. The second-order valence-electron chi connectivity index (χ2n) is 4.98. The van der Waals surface area contributed by atoms with E-state index in [1.807, 2.05) is 0 Å². The van der Waals surface area contributed by atoms with Gasteiger partial charge < -0.3 is 11.1 Å². The zero-order valence-electron chi connectivity index (χ0n) is 11.4. The number of hydrogen-bond donors (Lipinski definition) is 2. The van der Waals surface area contributed by atoms with Crippen LogP contribution in [0.4, 0.5) is 5.69 Å². The summed E-state index contributed by atoms with van der Waals surface area (Å²) in [4.78, 5) is 11.3. The van der Waals surface area contributed by atoms with Crippen LogP contribution in [0.1, 0.15) is 19.8 Å². The van der Waals surface area contributed by atoms with Gasteiger partial charge in [0.1, 0.15) is 0 Å². The van der Waals surface area contributed by atoms with Gasteiger partial charge in [0, 0.05) is 31.7 Å². The predicted molar refractivity (Wildman–Crippen MR) is 76.5 cm³/mol.